The van der Waals surface area contributed by atoms with E-state index in [0.29, 0.717) is 6.42 Å². The van der Waals surface area contributed by atoms with Crippen LogP contribution in [0.5, 0.6) is 0 Å². The van der Waals surface area contributed by atoms with Crippen molar-refractivity contribution in [2.45, 2.75) is 71.1 Å². The highest BCUT2D eigenvalue weighted by molar-refractivity contribution is 5.84. The van der Waals surface area contributed by atoms with Crippen LogP contribution in [0.2, 0.25) is 0 Å². The number of hydrogen-bond acceptors (Lipinski definition) is 2. The summed E-state index contributed by atoms with van der Waals surface area (Å²) >= 11 is 0. The van der Waals surface area contributed by atoms with Crippen LogP contribution in [0.15, 0.2) is 0 Å². The summed E-state index contributed by atoms with van der Waals surface area (Å²) in [6.07, 6.45) is 14.0. The molecule has 17 heavy (non-hydrogen) atoms. The molecule has 2 heteroatoms. The standard InChI is InChI=1S/C15H25O2/c1-2-11-15(12-16,13-17)14-9-7-5-3-4-6-8-10-14/h12,14H,2-11H2,1H3. The second kappa shape index (κ2) is 7.62. The minimum atomic E-state index is -0.806. The fourth-order valence-electron chi connectivity index (χ4n) is 3.08. The van der Waals surface area contributed by atoms with Crippen molar-refractivity contribution in [2.75, 3.05) is 0 Å². The number of aldehydes is 1. The topological polar surface area (TPSA) is 34.1 Å². The molecule has 2 nitrogen and oxygen atoms in total. The number of carbonyl (C=O) groups is 1. The quantitative estimate of drug-likeness (QED) is 0.538. The third kappa shape index (κ3) is 3.93. The minimum Gasteiger partial charge on any atom is -0.302 e. The summed E-state index contributed by atoms with van der Waals surface area (Å²) in [5.74, 6) is 0.232. The van der Waals surface area contributed by atoms with Gasteiger partial charge in [-0.05, 0) is 25.2 Å². The first-order chi connectivity index (χ1) is 8.29. The van der Waals surface area contributed by atoms with Crippen LogP contribution in [0.1, 0.15) is 71.1 Å². The van der Waals surface area contributed by atoms with E-state index in [1.54, 1.807) is 0 Å². The van der Waals surface area contributed by atoms with Crippen LogP contribution in [0.4, 0.5) is 0 Å². The summed E-state index contributed by atoms with van der Waals surface area (Å²) in [4.78, 5) is 22.6. The summed E-state index contributed by atoms with van der Waals surface area (Å²) in [5.41, 5.74) is -0.806. The van der Waals surface area contributed by atoms with Crippen LogP contribution in [-0.2, 0) is 9.59 Å². The average Bonchev–Trinajstić information content (AvgIpc) is 2.50. The van der Waals surface area contributed by atoms with Crippen molar-refractivity contribution in [1.82, 2.24) is 0 Å². The molecule has 1 radical (unpaired) electrons. The maximum atomic E-state index is 11.4. The minimum absolute atomic E-state index is 0.232. The van der Waals surface area contributed by atoms with Gasteiger partial charge in [-0.15, -0.1) is 0 Å². The Kier molecular flexibility index (Phi) is 6.46. The van der Waals surface area contributed by atoms with Crippen LogP contribution in [0, 0.1) is 11.3 Å². The summed E-state index contributed by atoms with van der Waals surface area (Å²) in [5, 5.41) is 0. The van der Waals surface area contributed by atoms with Crippen molar-refractivity contribution in [2.24, 2.45) is 11.3 Å². The van der Waals surface area contributed by atoms with Gasteiger partial charge < -0.3 is 4.79 Å². The van der Waals surface area contributed by atoms with Gasteiger partial charge in [0.25, 0.3) is 0 Å². The van der Waals surface area contributed by atoms with E-state index < -0.39 is 5.41 Å². The molecular formula is C15H25O2. The van der Waals surface area contributed by atoms with Crippen molar-refractivity contribution in [3.63, 3.8) is 0 Å². The summed E-state index contributed by atoms with van der Waals surface area (Å²) < 4.78 is 0. The molecule has 1 saturated carbocycles. The fraction of sp³-hybridized carbons (Fsp3) is 0.867. The Bertz CT molecular complexity index is 217. The predicted molar refractivity (Wildman–Crippen MR) is 69.5 cm³/mol. The Morgan fingerprint density at radius 2 is 1.65 bits per heavy atom. The van der Waals surface area contributed by atoms with Gasteiger partial charge in [-0.25, -0.2) is 0 Å². The lowest BCUT2D eigenvalue weighted by molar-refractivity contribution is -0.116. The van der Waals surface area contributed by atoms with Gasteiger partial charge in [-0.1, -0.05) is 51.9 Å². The Morgan fingerprint density at radius 3 is 2.06 bits per heavy atom. The normalized spacial score (nSPS) is 20.1. The van der Waals surface area contributed by atoms with E-state index in [9.17, 15) is 9.59 Å². The van der Waals surface area contributed by atoms with Gasteiger partial charge in [0, 0.05) is 0 Å². The highest BCUT2D eigenvalue weighted by Gasteiger charge is 2.38. The smallest absolute Gasteiger partial charge is 0.212 e. The monoisotopic (exact) mass is 237 g/mol. The third-order valence-corrected chi connectivity index (χ3v) is 4.15. The molecule has 0 aromatic heterocycles. The molecule has 1 unspecified atom stereocenters. The maximum Gasteiger partial charge on any atom is 0.212 e. The maximum absolute atomic E-state index is 11.4. The van der Waals surface area contributed by atoms with Crippen molar-refractivity contribution < 1.29 is 9.59 Å². The van der Waals surface area contributed by atoms with E-state index in [0.717, 1.165) is 38.4 Å². The van der Waals surface area contributed by atoms with E-state index in [1.807, 2.05) is 6.92 Å². The van der Waals surface area contributed by atoms with Crippen LogP contribution in [0.25, 0.3) is 0 Å². The summed E-state index contributed by atoms with van der Waals surface area (Å²) in [6, 6.07) is 0. The summed E-state index contributed by atoms with van der Waals surface area (Å²) in [7, 11) is 0. The van der Waals surface area contributed by atoms with Crippen LogP contribution < -0.4 is 0 Å². The Balaban J connectivity index is 2.74. The molecule has 97 valence electrons. The second-order valence-electron chi connectivity index (χ2n) is 5.41. The van der Waals surface area contributed by atoms with Gasteiger partial charge in [0.05, 0.1) is 5.41 Å². The molecule has 0 N–H and O–H groups in total. The molecule has 1 fully saturated rings. The lowest BCUT2D eigenvalue weighted by atomic mass is 9.70. The number of hydrogen-bond donors (Lipinski definition) is 0. The number of carbonyl (C=O) groups excluding carboxylic acids is 2. The lowest BCUT2D eigenvalue weighted by Gasteiger charge is -2.30. The lowest BCUT2D eigenvalue weighted by Crippen LogP contribution is -2.34. The molecule has 0 amide bonds. The van der Waals surface area contributed by atoms with Crippen molar-refractivity contribution in [3.8, 4) is 0 Å². The largest absolute Gasteiger partial charge is 0.302 e. The SMILES string of the molecule is CCCC([C]=O)(C=O)C1CCCCCCCC1. The third-order valence-electron chi connectivity index (χ3n) is 4.15. The first kappa shape index (κ1) is 14.4. The van der Waals surface area contributed by atoms with E-state index in [2.05, 4.69) is 6.29 Å². The Hall–Kier alpha value is -0.660. The zero-order chi connectivity index (χ0) is 12.6. The van der Waals surface area contributed by atoms with Gasteiger partial charge >= 0.3 is 0 Å². The van der Waals surface area contributed by atoms with Gasteiger partial charge in [0.1, 0.15) is 6.29 Å². The zero-order valence-corrected chi connectivity index (χ0v) is 11.0. The fourth-order valence-corrected chi connectivity index (χ4v) is 3.08. The predicted octanol–water partition coefficient (Wildman–Crippen LogP) is 3.83. The molecule has 1 aliphatic rings. The van der Waals surface area contributed by atoms with Crippen molar-refractivity contribution in [3.05, 3.63) is 0 Å². The van der Waals surface area contributed by atoms with Gasteiger partial charge in [0.15, 0.2) is 0 Å². The van der Waals surface area contributed by atoms with Gasteiger partial charge in [-0.3, -0.25) is 4.79 Å². The molecule has 1 atom stereocenters. The second-order valence-corrected chi connectivity index (χ2v) is 5.41. The summed E-state index contributed by atoms with van der Waals surface area (Å²) in [6.45, 7) is 2.03. The van der Waals surface area contributed by atoms with Crippen molar-refractivity contribution >= 4 is 12.6 Å². The molecule has 0 spiro atoms. The van der Waals surface area contributed by atoms with Crippen LogP contribution >= 0.6 is 0 Å². The number of rotatable bonds is 5. The molecule has 0 bridgehead atoms. The Labute approximate surface area is 105 Å². The molecule has 1 aliphatic carbocycles. The molecule has 0 heterocycles. The highest BCUT2D eigenvalue weighted by Crippen LogP contribution is 2.37. The first-order valence-corrected chi connectivity index (χ1v) is 7.14. The van der Waals surface area contributed by atoms with Crippen LogP contribution in [0.3, 0.4) is 0 Å². The van der Waals surface area contributed by atoms with Crippen LogP contribution in [-0.4, -0.2) is 12.6 Å². The molecule has 0 aromatic carbocycles. The molecule has 1 rings (SSSR count). The van der Waals surface area contributed by atoms with E-state index >= 15 is 0 Å². The van der Waals surface area contributed by atoms with Gasteiger partial charge in [-0.2, -0.15) is 0 Å². The molecule has 0 aliphatic heterocycles. The van der Waals surface area contributed by atoms with E-state index in [-0.39, 0.29) is 5.92 Å². The highest BCUT2D eigenvalue weighted by atomic mass is 16.1. The molecular weight excluding hydrogens is 212 g/mol. The molecule has 0 saturated heterocycles. The van der Waals surface area contributed by atoms with Crippen molar-refractivity contribution in [1.29, 1.82) is 0 Å². The molecule has 0 aromatic rings. The average molecular weight is 237 g/mol. The Morgan fingerprint density at radius 1 is 1.12 bits per heavy atom. The zero-order valence-electron chi connectivity index (χ0n) is 11.0. The van der Waals surface area contributed by atoms with Gasteiger partial charge in [0.2, 0.25) is 6.29 Å². The van der Waals surface area contributed by atoms with E-state index in [1.165, 1.54) is 25.7 Å². The first-order valence-electron chi connectivity index (χ1n) is 7.14. The van der Waals surface area contributed by atoms with E-state index in [4.69, 9.17) is 0 Å².